The molecule has 1 aliphatic heterocycles. The highest BCUT2D eigenvalue weighted by atomic mass is 16.2. The number of carbonyl (C=O) groups is 2. The van der Waals surface area contributed by atoms with Gasteiger partial charge in [0, 0.05) is 26.3 Å². The summed E-state index contributed by atoms with van der Waals surface area (Å²) in [6.45, 7) is 8.09. The lowest BCUT2D eigenvalue weighted by Crippen LogP contribution is -2.53. The summed E-state index contributed by atoms with van der Waals surface area (Å²) in [6.07, 6.45) is 2.68. The van der Waals surface area contributed by atoms with Gasteiger partial charge in [-0.25, -0.2) is 4.98 Å². The van der Waals surface area contributed by atoms with Crippen molar-refractivity contribution in [2.75, 3.05) is 20.6 Å². The third-order valence-corrected chi connectivity index (χ3v) is 5.17. The van der Waals surface area contributed by atoms with E-state index in [1.54, 1.807) is 13.2 Å². The quantitative estimate of drug-likeness (QED) is 0.817. The molecule has 0 aromatic carbocycles. The molecule has 0 unspecified atom stereocenters. The molecule has 2 aromatic heterocycles. The van der Waals surface area contributed by atoms with Gasteiger partial charge in [0.05, 0.1) is 5.69 Å². The number of fused-ring (bicyclic) bond motifs is 1. The summed E-state index contributed by atoms with van der Waals surface area (Å²) in [7, 11) is 3.61. The number of hydrogen-bond acceptors (Lipinski definition) is 5. The molecule has 0 spiro atoms. The molecule has 2 aromatic rings. The van der Waals surface area contributed by atoms with E-state index in [-0.39, 0.29) is 11.8 Å². The van der Waals surface area contributed by atoms with Crippen molar-refractivity contribution < 1.29 is 9.59 Å². The molecule has 8 nitrogen and oxygen atoms in total. The van der Waals surface area contributed by atoms with Crippen molar-refractivity contribution in [2.45, 2.75) is 46.3 Å². The molecule has 0 fully saturated rings. The highest BCUT2D eigenvalue weighted by molar-refractivity contribution is 5.97. The van der Waals surface area contributed by atoms with Gasteiger partial charge in [0.15, 0.2) is 11.5 Å². The molecule has 0 saturated carbocycles. The molecule has 0 radical (unpaired) electrons. The molecule has 0 aliphatic carbocycles. The van der Waals surface area contributed by atoms with E-state index in [1.165, 1.54) is 0 Å². The average molecular weight is 399 g/mol. The molecule has 0 bridgehead atoms. The van der Waals surface area contributed by atoms with Crippen molar-refractivity contribution in [1.29, 1.82) is 0 Å². The summed E-state index contributed by atoms with van der Waals surface area (Å²) in [6, 6.07) is 5.00. The maximum absolute atomic E-state index is 13.3. The molecule has 0 saturated heterocycles. The predicted molar refractivity (Wildman–Crippen MR) is 111 cm³/mol. The molecule has 2 N–H and O–H groups in total. The van der Waals surface area contributed by atoms with Gasteiger partial charge in [-0.2, -0.15) is 0 Å². The number of nitrogens with one attached hydrogen (secondary N) is 2. The second kappa shape index (κ2) is 8.32. The molecule has 3 rings (SSSR count). The first-order valence-corrected chi connectivity index (χ1v) is 9.94. The van der Waals surface area contributed by atoms with Crippen LogP contribution in [0.5, 0.6) is 0 Å². The Balaban J connectivity index is 2.03. The summed E-state index contributed by atoms with van der Waals surface area (Å²) < 4.78 is 2.09. The van der Waals surface area contributed by atoms with Crippen LogP contribution in [0.2, 0.25) is 0 Å². The lowest BCUT2D eigenvalue weighted by atomic mass is 9.86. The third-order valence-electron chi connectivity index (χ3n) is 5.17. The molecule has 1 aliphatic rings. The zero-order valence-electron chi connectivity index (χ0n) is 17.8. The topological polar surface area (TPSA) is 92.1 Å². The average Bonchev–Trinajstić information content (AvgIpc) is 2.92. The number of aromatic nitrogens is 3. The molecular formula is C21H30N6O2. The maximum atomic E-state index is 13.3. The molecule has 3 heterocycles. The number of imidazole rings is 1. The lowest BCUT2D eigenvalue weighted by molar-refractivity contribution is -0.124. The first kappa shape index (κ1) is 21.0. The lowest BCUT2D eigenvalue weighted by Gasteiger charge is -2.29. The summed E-state index contributed by atoms with van der Waals surface area (Å²) in [5.74, 6) is 0.126. The molecule has 156 valence electrons. The van der Waals surface area contributed by atoms with Gasteiger partial charge in [0.2, 0.25) is 5.91 Å². The smallest absolute Gasteiger partial charge is 0.272 e. The number of carbonyl (C=O) groups excluding carboxylic acids is 2. The van der Waals surface area contributed by atoms with Crippen LogP contribution in [0.3, 0.4) is 0 Å². The first-order valence-electron chi connectivity index (χ1n) is 9.94. The molecule has 1 atom stereocenters. The van der Waals surface area contributed by atoms with Crippen LogP contribution in [0.1, 0.15) is 43.4 Å². The molecular weight excluding hydrogens is 368 g/mol. The summed E-state index contributed by atoms with van der Waals surface area (Å²) in [4.78, 5) is 36.9. The van der Waals surface area contributed by atoms with Gasteiger partial charge < -0.3 is 20.1 Å². The molecule has 29 heavy (non-hydrogen) atoms. The van der Waals surface area contributed by atoms with E-state index in [9.17, 15) is 9.59 Å². The standard InChI is InChI=1S/C21H30N6O2/c1-21(2,3)17(20(29)22-4)25-19(28)16-15-13-26(5)11-8-12-27(15)18(24-16)14-9-6-7-10-23-14/h6-7,9-10,17H,8,11-13H2,1-5H3,(H,22,29)(H,25,28)/t17-/m1/s1. The van der Waals surface area contributed by atoms with E-state index in [4.69, 9.17) is 0 Å². The maximum Gasteiger partial charge on any atom is 0.272 e. The number of likely N-dealkylation sites (N-methyl/N-ethyl adjacent to an activating group) is 1. The Morgan fingerprint density at radius 3 is 2.59 bits per heavy atom. The van der Waals surface area contributed by atoms with E-state index < -0.39 is 11.5 Å². The summed E-state index contributed by atoms with van der Waals surface area (Å²) in [5, 5.41) is 5.55. The van der Waals surface area contributed by atoms with Crippen molar-refractivity contribution in [3.63, 3.8) is 0 Å². The van der Waals surface area contributed by atoms with E-state index >= 15 is 0 Å². The monoisotopic (exact) mass is 398 g/mol. The van der Waals surface area contributed by atoms with E-state index in [0.29, 0.717) is 18.1 Å². The zero-order chi connectivity index (χ0) is 21.2. The number of hydrogen-bond donors (Lipinski definition) is 2. The summed E-state index contributed by atoms with van der Waals surface area (Å²) >= 11 is 0. The Morgan fingerprint density at radius 1 is 1.21 bits per heavy atom. The van der Waals surface area contributed by atoms with Crippen LogP contribution in [0.25, 0.3) is 11.5 Å². The SMILES string of the molecule is CNC(=O)[C@@H](NC(=O)c1nc(-c2ccccn2)n2c1CN(C)CCC2)C(C)(C)C. The van der Waals surface area contributed by atoms with E-state index in [1.807, 2.05) is 46.0 Å². The Hall–Kier alpha value is -2.74. The Labute approximate surface area is 171 Å². The Bertz CT molecular complexity index is 885. The van der Waals surface area contributed by atoms with Gasteiger partial charge in [-0.05, 0) is 37.6 Å². The van der Waals surface area contributed by atoms with Crippen molar-refractivity contribution in [3.8, 4) is 11.5 Å². The number of nitrogens with zero attached hydrogens (tertiary/aromatic N) is 4. The van der Waals surface area contributed by atoms with Crippen LogP contribution >= 0.6 is 0 Å². The van der Waals surface area contributed by atoms with Gasteiger partial charge in [-0.1, -0.05) is 26.8 Å². The Morgan fingerprint density at radius 2 is 1.97 bits per heavy atom. The van der Waals surface area contributed by atoms with E-state index in [0.717, 1.165) is 30.9 Å². The fourth-order valence-electron chi connectivity index (χ4n) is 3.61. The van der Waals surface area contributed by atoms with Crippen LogP contribution in [0.15, 0.2) is 24.4 Å². The second-order valence-corrected chi connectivity index (χ2v) is 8.58. The summed E-state index contributed by atoms with van der Waals surface area (Å²) in [5.41, 5.74) is 1.51. The normalized spacial score (nSPS) is 15.9. The van der Waals surface area contributed by atoms with Crippen molar-refractivity contribution >= 4 is 11.8 Å². The van der Waals surface area contributed by atoms with Gasteiger partial charge >= 0.3 is 0 Å². The highest BCUT2D eigenvalue weighted by Crippen LogP contribution is 2.26. The van der Waals surface area contributed by atoms with Gasteiger partial charge in [-0.3, -0.25) is 14.6 Å². The molecule has 8 heteroatoms. The fraction of sp³-hybridized carbons (Fsp3) is 0.524. The van der Waals surface area contributed by atoms with Crippen molar-refractivity contribution in [2.24, 2.45) is 5.41 Å². The largest absolute Gasteiger partial charge is 0.357 e. The van der Waals surface area contributed by atoms with Crippen molar-refractivity contribution in [3.05, 3.63) is 35.8 Å². The van der Waals surface area contributed by atoms with Crippen LogP contribution < -0.4 is 10.6 Å². The van der Waals surface area contributed by atoms with Crippen LogP contribution in [-0.4, -0.2) is 57.9 Å². The first-order chi connectivity index (χ1) is 13.7. The molecule has 2 amide bonds. The number of amides is 2. The minimum absolute atomic E-state index is 0.224. The van der Waals surface area contributed by atoms with Gasteiger partial charge in [-0.15, -0.1) is 0 Å². The Kier molecular flexibility index (Phi) is 6.02. The minimum atomic E-state index is -0.667. The van der Waals surface area contributed by atoms with Crippen LogP contribution in [-0.2, 0) is 17.9 Å². The van der Waals surface area contributed by atoms with E-state index in [2.05, 4.69) is 30.1 Å². The third kappa shape index (κ3) is 4.48. The number of rotatable bonds is 4. The number of pyridine rings is 1. The predicted octanol–water partition coefficient (Wildman–Crippen LogP) is 1.67. The van der Waals surface area contributed by atoms with Crippen molar-refractivity contribution in [1.82, 2.24) is 30.1 Å². The van der Waals surface area contributed by atoms with Crippen LogP contribution in [0, 0.1) is 5.41 Å². The highest BCUT2D eigenvalue weighted by Gasteiger charge is 2.34. The van der Waals surface area contributed by atoms with Crippen LogP contribution in [0.4, 0.5) is 0 Å². The fourth-order valence-corrected chi connectivity index (χ4v) is 3.61. The second-order valence-electron chi connectivity index (χ2n) is 8.58. The minimum Gasteiger partial charge on any atom is -0.357 e. The zero-order valence-corrected chi connectivity index (χ0v) is 17.8. The van der Waals surface area contributed by atoms with Gasteiger partial charge in [0.1, 0.15) is 11.7 Å². The van der Waals surface area contributed by atoms with Gasteiger partial charge in [0.25, 0.3) is 5.91 Å².